The average Bonchev–Trinajstić information content (AvgIpc) is 2.16. The Morgan fingerprint density at radius 2 is 1.85 bits per heavy atom. The molecular formula is C9H15NO3. The van der Waals surface area contributed by atoms with E-state index in [0.717, 1.165) is 0 Å². The van der Waals surface area contributed by atoms with Gasteiger partial charge in [0.15, 0.2) is 6.29 Å². The van der Waals surface area contributed by atoms with E-state index in [1.807, 2.05) is 13.8 Å². The normalized spacial score (nSPS) is 11.4. The number of aldehydes is 1. The molecule has 0 radical (unpaired) electrons. The highest BCUT2D eigenvalue weighted by Crippen LogP contribution is 2.02. The summed E-state index contributed by atoms with van der Waals surface area (Å²) < 4.78 is 0. The molecule has 0 aromatic heterocycles. The molecule has 0 atom stereocenters. The van der Waals surface area contributed by atoms with Crippen molar-refractivity contribution in [2.45, 2.75) is 27.7 Å². The van der Waals surface area contributed by atoms with E-state index in [4.69, 9.17) is 0 Å². The predicted octanol–water partition coefficient (Wildman–Crippen LogP) is 2.34. The summed E-state index contributed by atoms with van der Waals surface area (Å²) in [5.41, 5.74) is -0.0180. The highest BCUT2D eigenvalue weighted by Gasteiger charge is 2.07. The Hall–Kier alpha value is -1.45. The molecule has 0 aliphatic carbocycles. The summed E-state index contributed by atoms with van der Waals surface area (Å²) in [6.45, 7) is 6.99. The quantitative estimate of drug-likeness (QED) is 0.223. The monoisotopic (exact) mass is 185 g/mol. The first-order valence-corrected chi connectivity index (χ1v) is 4.06. The largest absolute Gasteiger partial charge is 0.298 e. The molecule has 0 bridgehead atoms. The fraction of sp³-hybridized carbons (Fsp3) is 0.444. The van der Waals surface area contributed by atoms with Crippen LogP contribution in [0.2, 0.25) is 0 Å². The number of hydrogen-bond donors (Lipinski definition) is 0. The molecule has 0 fully saturated rings. The summed E-state index contributed by atoms with van der Waals surface area (Å²) in [5.74, 6) is 0. The topological polar surface area (TPSA) is 60.2 Å². The number of hydrogen-bond acceptors (Lipinski definition) is 3. The maximum atomic E-state index is 10.2. The van der Waals surface area contributed by atoms with Gasteiger partial charge in [0.2, 0.25) is 0 Å². The van der Waals surface area contributed by atoms with Crippen LogP contribution in [0.25, 0.3) is 0 Å². The molecule has 0 aromatic carbocycles. The Labute approximate surface area is 78.1 Å². The standard InChI is InChI=1S/C7H9NO3.C2H6/c1-3-4-7(5-9)6(2)8(10)11;1-2/h3-5H,1-2H3;1-2H3/b4-3-,7-6-;. The molecule has 0 unspecified atom stereocenters. The zero-order chi connectivity index (χ0) is 10.9. The van der Waals surface area contributed by atoms with Crippen LogP contribution in [0.1, 0.15) is 27.7 Å². The fourth-order valence-corrected chi connectivity index (χ4v) is 0.530. The highest BCUT2D eigenvalue weighted by molar-refractivity contribution is 5.77. The van der Waals surface area contributed by atoms with Gasteiger partial charge in [-0.1, -0.05) is 19.9 Å². The van der Waals surface area contributed by atoms with Gasteiger partial charge in [-0.05, 0) is 13.0 Å². The molecule has 13 heavy (non-hydrogen) atoms. The second-order valence-electron chi connectivity index (χ2n) is 1.92. The summed E-state index contributed by atoms with van der Waals surface area (Å²) in [4.78, 5) is 19.8. The molecule has 0 rings (SSSR count). The molecule has 0 amide bonds. The van der Waals surface area contributed by atoms with Crippen molar-refractivity contribution >= 4 is 6.29 Å². The molecule has 0 aromatic rings. The average molecular weight is 185 g/mol. The van der Waals surface area contributed by atoms with Crippen LogP contribution < -0.4 is 0 Å². The minimum Gasteiger partial charge on any atom is -0.298 e. The van der Waals surface area contributed by atoms with Gasteiger partial charge in [-0.15, -0.1) is 0 Å². The molecule has 74 valence electrons. The van der Waals surface area contributed by atoms with Gasteiger partial charge in [-0.2, -0.15) is 0 Å². The van der Waals surface area contributed by atoms with Gasteiger partial charge in [0, 0.05) is 6.92 Å². The minimum atomic E-state index is -0.580. The third-order valence-corrected chi connectivity index (χ3v) is 1.16. The zero-order valence-corrected chi connectivity index (χ0v) is 8.40. The first kappa shape index (κ1) is 14.1. The summed E-state index contributed by atoms with van der Waals surface area (Å²) >= 11 is 0. The minimum absolute atomic E-state index is 0.109. The lowest BCUT2D eigenvalue weighted by Crippen LogP contribution is -1.98. The van der Waals surface area contributed by atoms with Gasteiger partial charge in [0.25, 0.3) is 5.70 Å². The van der Waals surface area contributed by atoms with Gasteiger partial charge in [0.05, 0.1) is 10.5 Å². The summed E-state index contributed by atoms with van der Waals surface area (Å²) in [6, 6.07) is 0. The van der Waals surface area contributed by atoms with Crippen LogP contribution in [0.3, 0.4) is 0 Å². The lowest BCUT2D eigenvalue weighted by atomic mass is 10.2. The number of carbonyl (C=O) groups is 1. The van der Waals surface area contributed by atoms with E-state index in [-0.39, 0.29) is 11.3 Å². The molecule has 0 saturated carbocycles. The van der Waals surface area contributed by atoms with Crippen molar-refractivity contribution in [3.8, 4) is 0 Å². The van der Waals surface area contributed by atoms with E-state index in [1.165, 1.54) is 13.0 Å². The van der Waals surface area contributed by atoms with Crippen LogP contribution in [0.4, 0.5) is 0 Å². The van der Waals surface area contributed by atoms with Crippen LogP contribution >= 0.6 is 0 Å². The predicted molar refractivity (Wildman–Crippen MR) is 51.9 cm³/mol. The van der Waals surface area contributed by atoms with Crippen molar-refractivity contribution in [1.29, 1.82) is 0 Å². The van der Waals surface area contributed by atoms with Crippen LogP contribution in [-0.4, -0.2) is 11.2 Å². The van der Waals surface area contributed by atoms with Crippen molar-refractivity contribution in [2.24, 2.45) is 0 Å². The van der Waals surface area contributed by atoms with Crippen molar-refractivity contribution < 1.29 is 9.72 Å². The Morgan fingerprint density at radius 1 is 1.38 bits per heavy atom. The first-order valence-electron chi connectivity index (χ1n) is 4.06. The molecule has 0 saturated heterocycles. The Bertz CT molecular complexity index is 229. The molecule has 0 aliphatic rings. The maximum Gasteiger partial charge on any atom is 0.253 e. The van der Waals surface area contributed by atoms with Crippen molar-refractivity contribution in [2.75, 3.05) is 0 Å². The van der Waals surface area contributed by atoms with Gasteiger partial charge >= 0.3 is 0 Å². The van der Waals surface area contributed by atoms with E-state index in [2.05, 4.69) is 0 Å². The SMILES string of the molecule is C/C=C\C(C=O)=C(/C)[N+](=O)[O-].CC. The molecular weight excluding hydrogens is 170 g/mol. The Kier molecular flexibility index (Phi) is 9.37. The summed E-state index contributed by atoms with van der Waals surface area (Å²) in [6.07, 6.45) is 3.46. The second kappa shape index (κ2) is 8.64. The van der Waals surface area contributed by atoms with Crippen molar-refractivity contribution in [3.63, 3.8) is 0 Å². The van der Waals surface area contributed by atoms with Gasteiger partial charge in [-0.25, -0.2) is 0 Å². The van der Waals surface area contributed by atoms with Gasteiger partial charge in [-0.3, -0.25) is 14.9 Å². The van der Waals surface area contributed by atoms with Crippen LogP contribution in [0.15, 0.2) is 23.4 Å². The van der Waals surface area contributed by atoms with Crippen LogP contribution in [0.5, 0.6) is 0 Å². The van der Waals surface area contributed by atoms with Crippen LogP contribution in [0, 0.1) is 10.1 Å². The number of allylic oxidation sites excluding steroid dienone is 4. The molecule has 0 aliphatic heterocycles. The fourth-order valence-electron chi connectivity index (χ4n) is 0.530. The first-order chi connectivity index (χ1) is 6.13. The van der Waals surface area contributed by atoms with Crippen molar-refractivity contribution in [3.05, 3.63) is 33.5 Å². The van der Waals surface area contributed by atoms with Crippen molar-refractivity contribution in [1.82, 2.24) is 0 Å². The molecule has 4 heteroatoms. The third kappa shape index (κ3) is 5.78. The summed E-state index contributed by atoms with van der Waals surface area (Å²) in [5, 5.41) is 10.1. The number of nitrogens with zero attached hydrogens (tertiary/aromatic N) is 1. The molecule has 0 heterocycles. The van der Waals surface area contributed by atoms with Gasteiger partial charge < -0.3 is 0 Å². The third-order valence-electron chi connectivity index (χ3n) is 1.16. The molecule has 0 N–H and O–H groups in total. The summed E-state index contributed by atoms with van der Waals surface area (Å²) in [7, 11) is 0. The number of rotatable bonds is 3. The van der Waals surface area contributed by atoms with E-state index in [0.29, 0.717) is 6.29 Å². The maximum absolute atomic E-state index is 10.2. The number of nitro groups is 1. The molecule has 0 spiro atoms. The van der Waals surface area contributed by atoms with Gasteiger partial charge in [0.1, 0.15) is 0 Å². The zero-order valence-electron chi connectivity index (χ0n) is 8.40. The Balaban J connectivity index is 0. The van der Waals surface area contributed by atoms with Crippen LogP contribution in [-0.2, 0) is 4.79 Å². The number of carbonyl (C=O) groups excluding carboxylic acids is 1. The van der Waals surface area contributed by atoms with E-state index in [9.17, 15) is 14.9 Å². The van der Waals surface area contributed by atoms with E-state index in [1.54, 1.807) is 13.0 Å². The lowest BCUT2D eigenvalue weighted by Gasteiger charge is -1.90. The Morgan fingerprint density at radius 3 is 2.08 bits per heavy atom. The van der Waals surface area contributed by atoms with E-state index >= 15 is 0 Å². The second-order valence-corrected chi connectivity index (χ2v) is 1.92. The lowest BCUT2D eigenvalue weighted by molar-refractivity contribution is -0.424. The van der Waals surface area contributed by atoms with E-state index < -0.39 is 4.92 Å². The molecule has 4 nitrogen and oxygen atoms in total. The highest BCUT2D eigenvalue weighted by atomic mass is 16.6. The smallest absolute Gasteiger partial charge is 0.253 e.